The highest BCUT2D eigenvalue weighted by Crippen LogP contribution is 2.33. The molecule has 3 aromatic heterocycles. The molecule has 186 valence electrons. The van der Waals surface area contributed by atoms with E-state index in [9.17, 15) is 30.6 Å². The molecule has 3 aromatic rings. The maximum atomic E-state index is 13.0. The first-order chi connectivity index (χ1) is 15.3. The van der Waals surface area contributed by atoms with Gasteiger partial charge in [-0.3, -0.25) is 9.00 Å². The highest BCUT2D eigenvalue weighted by molar-refractivity contribution is 7.91. The quantitative estimate of drug-likeness (QED) is 0.476. The second kappa shape index (κ2) is 9.76. The molecule has 1 unspecified atom stereocenters. The molecule has 0 radical (unpaired) electrons. The standard InChI is InChI=1S/C19H20F3N5O4S2.H2O/c1-5-33(30,31)14-6-11(26(2)16(28)10-32(4)29)8-24-17(14)18-25-12-7-15(19(20,21)22)23-9-13(12)27(18)3;/h6-9H,5,10H2,1-4H3;1H2. The van der Waals surface area contributed by atoms with Crippen molar-refractivity contribution in [1.82, 2.24) is 19.5 Å². The molecule has 1 atom stereocenters. The average Bonchev–Trinajstić information content (AvgIpc) is 3.07. The van der Waals surface area contributed by atoms with Gasteiger partial charge >= 0.3 is 6.18 Å². The summed E-state index contributed by atoms with van der Waals surface area (Å²) < 4.78 is 77.6. The van der Waals surface area contributed by atoms with Crippen LogP contribution < -0.4 is 4.90 Å². The molecular formula is C19H22F3N5O5S2. The van der Waals surface area contributed by atoms with E-state index in [1.54, 1.807) is 0 Å². The number of hydrogen-bond donors (Lipinski definition) is 0. The van der Waals surface area contributed by atoms with Crippen LogP contribution in [0, 0.1) is 0 Å². The number of sulfone groups is 1. The lowest BCUT2D eigenvalue weighted by molar-refractivity contribution is -0.141. The normalized spacial score (nSPS) is 12.9. The summed E-state index contributed by atoms with van der Waals surface area (Å²) in [5.41, 5.74) is -0.827. The highest BCUT2D eigenvalue weighted by atomic mass is 32.2. The number of carbonyl (C=O) groups is 1. The molecule has 0 spiro atoms. The fourth-order valence-corrected chi connectivity index (χ4v) is 4.64. The molecule has 15 heteroatoms. The molecule has 1 amide bonds. The Labute approximate surface area is 195 Å². The summed E-state index contributed by atoms with van der Waals surface area (Å²) >= 11 is 0. The third-order valence-corrected chi connectivity index (χ3v) is 7.31. The minimum atomic E-state index is -4.66. The van der Waals surface area contributed by atoms with Crippen molar-refractivity contribution in [2.45, 2.75) is 18.0 Å². The zero-order valence-electron chi connectivity index (χ0n) is 18.5. The van der Waals surface area contributed by atoms with Crippen LogP contribution in [0.3, 0.4) is 0 Å². The van der Waals surface area contributed by atoms with Crippen LogP contribution in [0.4, 0.5) is 18.9 Å². The van der Waals surface area contributed by atoms with E-state index >= 15 is 0 Å². The Morgan fingerprint density at radius 1 is 1.21 bits per heavy atom. The Morgan fingerprint density at radius 2 is 1.85 bits per heavy atom. The third kappa shape index (κ3) is 5.26. The Hall–Kier alpha value is -2.91. The lowest BCUT2D eigenvalue weighted by atomic mass is 10.3. The van der Waals surface area contributed by atoms with Crippen LogP contribution in [0.25, 0.3) is 22.6 Å². The zero-order chi connectivity index (χ0) is 24.7. The zero-order valence-corrected chi connectivity index (χ0v) is 20.2. The number of imidazole rings is 1. The van der Waals surface area contributed by atoms with Gasteiger partial charge in [0.2, 0.25) is 5.91 Å². The lowest BCUT2D eigenvalue weighted by Gasteiger charge is -2.18. The second-order valence-electron chi connectivity index (χ2n) is 7.16. The number of aromatic nitrogens is 4. The smallest absolute Gasteiger partial charge is 0.412 e. The number of fused-ring (bicyclic) bond motifs is 1. The van der Waals surface area contributed by atoms with Crippen molar-refractivity contribution < 1.29 is 36.1 Å². The summed E-state index contributed by atoms with van der Waals surface area (Å²) in [5.74, 6) is -1.02. The van der Waals surface area contributed by atoms with Gasteiger partial charge in [0.1, 0.15) is 17.1 Å². The third-order valence-electron chi connectivity index (χ3n) is 4.91. The van der Waals surface area contributed by atoms with E-state index in [-0.39, 0.29) is 50.1 Å². The van der Waals surface area contributed by atoms with Crippen LogP contribution in [0.15, 0.2) is 29.4 Å². The molecule has 0 aliphatic rings. The van der Waals surface area contributed by atoms with E-state index in [1.165, 1.54) is 44.1 Å². The number of amides is 1. The molecule has 34 heavy (non-hydrogen) atoms. The van der Waals surface area contributed by atoms with Crippen LogP contribution in [-0.2, 0) is 38.7 Å². The maximum absolute atomic E-state index is 13.0. The second-order valence-corrected chi connectivity index (χ2v) is 10.8. The predicted octanol–water partition coefficient (Wildman–Crippen LogP) is 1.36. The molecule has 0 aliphatic carbocycles. The van der Waals surface area contributed by atoms with E-state index < -0.39 is 38.4 Å². The number of alkyl halides is 3. The highest BCUT2D eigenvalue weighted by Gasteiger charge is 2.33. The van der Waals surface area contributed by atoms with E-state index in [4.69, 9.17) is 0 Å². The summed E-state index contributed by atoms with van der Waals surface area (Å²) in [6.07, 6.45) is -1.04. The molecule has 0 aliphatic heterocycles. The fraction of sp³-hybridized carbons (Fsp3) is 0.368. The van der Waals surface area contributed by atoms with Gasteiger partial charge < -0.3 is 14.9 Å². The van der Waals surface area contributed by atoms with E-state index in [0.717, 1.165) is 17.2 Å². The predicted molar refractivity (Wildman–Crippen MR) is 120 cm³/mol. The Kier molecular flexibility index (Phi) is 7.84. The number of aryl methyl sites for hydroxylation is 1. The Morgan fingerprint density at radius 3 is 2.41 bits per heavy atom. The van der Waals surface area contributed by atoms with E-state index in [1.807, 2.05) is 0 Å². The molecule has 3 heterocycles. The molecule has 0 saturated carbocycles. The van der Waals surface area contributed by atoms with Crippen molar-refractivity contribution in [3.05, 3.63) is 30.2 Å². The van der Waals surface area contributed by atoms with Crippen LogP contribution in [-0.4, -0.2) is 68.3 Å². The van der Waals surface area contributed by atoms with Crippen molar-refractivity contribution in [3.8, 4) is 11.5 Å². The van der Waals surface area contributed by atoms with Gasteiger partial charge in [-0.05, 0) is 12.1 Å². The molecule has 2 N–H and O–H groups in total. The number of rotatable bonds is 6. The SMILES string of the molecule is CCS(=O)(=O)c1cc(N(C)C(=O)CS(C)=O)cnc1-c1nc2cc(C(F)(F)F)ncc2n1C.O. The lowest BCUT2D eigenvalue weighted by Crippen LogP contribution is -2.30. The summed E-state index contributed by atoms with van der Waals surface area (Å²) in [6, 6.07) is 2.02. The molecule has 10 nitrogen and oxygen atoms in total. The van der Waals surface area contributed by atoms with Crippen molar-refractivity contribution in [2.75, 3.05) is 29.7 Å². The summed E-state index contributed by atoms with van der Waals surface area (Å²) in [5, 5.41) is 0. The first-order valence-electron chi connectivity index (χ1n) is 9.45. The average molecular weight is 522 g/mol. The van der Waals surface area contributed by atoms with E-state index in [0.29, 0.717) is 0 Å². The molecule has 0 saturated heterocycles. The molecule has 0 bridgehead atoms. The number of anilines is 1. The van der Waals surface area contributed by atoms with Crippen molar-refractivity contribution >= 4 is 43.3 Å². The largest absolute Gasteiger partial charge is 0.433 e. The van der Waals surface area contributed by atoms with Crippen molar-refractivity contribution in [3.63, 3.8) is 0 Å². The number of nitrogens with zero attached hydrogens (tertiary/aromatic N) is 5. The summed E-state index contributed by atoms with van der Waals surface area (Å²) in [6.45, 7) is 1.43. The minimum absolute atomic E-state index is 0. The van der Waals surface area contributed by atoms with Gasteiger partial charge in [-0.2, -0.15) is 13.2 Å². The first-order valence-corrected chi connectivity index (χ1v) is 12.8. The number of pyridine rings is 2. The summed E-state index contributed by atoms with van der Waals surface area (Å²) in [4.78, 5) is 25.0. The summed E-state index contributed by atoms with van der Waals surface area (Å²) in [7, 11) is -2.37. The van der Waals surface area contributed by atoms with Crippen molar-refractivity contribution in [1.29, 1.82) is 0 Å². The van der Waals surface area contributed by atoms with Gasteiger partial charge in [0, 0.05) is 31.2 Å². The number of carbonyl (C=O) groups excluding carboxylic acids is 1. The molecule has 0 aromatic carbocycles. The first kappa shape index (κ1) is 27.3. The van der Waals surface area contributed by atoms with Crippen molar-refractivity contribution in [2.24, 2.45) is 7.05 Å². The number of halogens is 3. The number of hydrogen-bond acceptors (Lipinski definition) is 7. The molecular weight excluding hydrogens is 499 g/mol. The van der Waals surface area contributed by atoms with Gasteiger partial charge in [0.05, 0.1) is 39.8 Å². The minimum Gasteiger partial charge on any atom is -0.412 e. The van der Waals surface area contributed by atoms with Crippen LogP contribution >= 0.6 is 0 Å². The topological polar surface area (TPSA) is 147 Å². The van der Waals surface area contributed by atoms with Gasteiger partial charge in [-0.15, -0.1) is 0 Å². The fourth-order valence-electron chi connectivity index (χ4n) is 3.05. The van der Waals surface area contributed by atoms with Gasteiger partial charge in [0.15, 0.2) is 15.7 Å². The monoisotopic (exact) mass is 521 g/mol. The Balaban J connectivity index is 0.00000408. The van der Waals surface area contributed by atoms with Gasteiger partial charge in [0.25, 0.3) is 0 Å². The maximum Gasteiger partial charge on any atom is 0.433 e. The molecule has 0 fully saturated rings. The van der Waals surface area contributed by atoms with Crippen LogP contribution in [0.2, 0.25) is 0 Å². The van der Waals surface area contributed by atoms with Gasteiger partial charge in [-0.25, -0.2) is 23.4 Å². The molecule has 3 rings (SSSR count). The van der Waals surface area contributed by atoms with Gasteiger partial charge in [-0.1, -0.05) is 6.92 Å². The van der Waals surface area contributed by atoms with Crippen LogP contribution in [0.1, 0.15) is 12.6 Å². The van der Waals surface area contributed by atoms with E-state index in [2.05, 4.69) is 15.0 Å². The van der Waals surface area contributed by atoms with Crippen LogP contribution in [0.5, 0.6) is 0 Å². The Bertz CT molecular complexity index is 1370.